The molecule has 1 aliphatic carbocycles. The van der Waals surface area contributed by atoms with Crippen LogP contribution in [0.5, 0.6) is 0 Å². The molecule has 0 amide bonds. The lowest BCUT2D eigenvalue weighted by Gasteiger charge is -2.44. The van der Waals surface area contributed by atoms with Gasteiger partial charge in [-0.2, -0.15) is 0 Å². The van der Waals surface area contributed by atoms with Gasteiger partial charge >= 0.3 is 0 Å². The monoisotopic (exact) mass is 184 g/mol. The van der Waals surface area contributed by atoms with Gasteiger partial charge in [-0.3, -0.25) is 4.90 Å². The molecule has 1 saturated heterocycles. The van der Waals surface area contributed by atoms with Gasteiger partial charge in [0, 0.05) is 26.2 Å². The molecule has 1 heterocycles. The molecule has 1 aliphatic heterocycles. The van der Waals surface area contributed by atoms with E-state index < -0.39 is 5.72 Å². The first-order valence-electron chi connectivity index (χ1n) is 5.49. The van der Waals surface area contributed by atoms with Gasteiger partial charge < -0.3 is 10.4 Å². The molecule has 0 unspecified atom stereocenters. The molecular weight excluding hydrogens is 164 g/mol. The molecule has 0 spiro atoms. The quantitative estimate of drug-likeness (QED) is 0.624. The van der Waals surface area contributed by atoms with Gasteiger partial charge in [0.1, 0.15) is 5.72 Å². The summed E-state index contributed by atoms with van der Waals surface area (Å²) in [5.41, 5.74) is -0.458. The van der Waals surface area contributed by atoms with E-state index in [0.29, 0.717) is 0 Å². The first-order valence-corrected chi connectivity index (χ1v) is 5.49. The molecular formula is C10H20N2O. The Morgan fingerprint density at radius 3 is 2.23 bits per heavy atom. The van der Waals surface area contributed by atoms with Crippen LogP contribution in [-0.4, -0.2) is 41.9 Å². The third kappa shape index (κ3) is 2.03. The maximum absolute atomic E-state index is 10.4. The molecule has 0 bridgehead atoms. The van der Waals surface area contributed by atoms with E-state index in [4.69, 9.17) is 0 Å². The summed E-state index contributed by atoms with van der Waals surface area (Å²) in [7, 11) is 0. The van der Waals surface area contributed by atoms with Gasteiger partial charge in [0.05, 0.1) is 0 Å². The fourth-order valence-corrected chi connectivity index (χ4v) is 2.52. The Morgan fingerprint density at radius 2 is 1.62 bits per heavy atom. The third-order valence-corrected chi connectivity index (χ3v) is 3.36. The Bertz CT molecular complexity index is 160. The Balaban J connectivity index is 1.94. The number of hydrogen-bond donors (Lipinski definition) is 2. The molecule has 0 atom stereocenters. The van der Waals surface area contributed by atoms with Crippen molar-refractivity contribution in [3.8, 4) is 0 Å². The molecule has 76 valence electrons. The van der Waals surface area contributed by atoms with Gasteiger partial charge in [0.2, 0.25) is 0 Å². The number of nitrogens with one attached hydrogen (secondary N) is 1. The lowest BCUT2D eigenvalue weighted by atomic mass is 9.90. The van der Waals surface area contributed by atoms with Gasteiger partial charge in [0.25, 0.3) is 0 Å². The second-order valence-corrected chi connectivity index (χ2v) is 4.28. The van der Waals surface area contributed by atoms with Crippen molar-refractivity contribution in [3.05, 3.63) is 0 Å². The highest BCUT2D eigenvalue weighted by Crippen LogP contribution is 2.31. The second-order valence-electron chi connectivity index (χ2n) is 4.28. The predicted octanol–water partition coefficient (Wildman–Crippen LogP) is 0.544. The zero-order chi connectivity index (χ0) is 9.15. The maximum atomic E-state index is 10.4. The minimum Gasteiger partial charge on any atom is -0.376 e. The van der Waals surface area contributed by atoms with Crippen molar-refractivity contribution in [2.45, 2.75) is 37.8 Å². The molecule has 3 heteroatoms. The SMILES string of the molecule is OC1(N2CCNCC2)CCCCC1. The molecule has 0 aromatic carbocycles. The molecule has 2 rings (SSSR count). The van der Waals surface area contributed by atoms with Crippen LogP contribution in [0, 0.1) is 0 Å². The topological polar surface area (TPSA) is 35.5 Å². The van der Waals surface area contributed by atoms with Crippen molar-refractivity contribution in [3.63, 3.8) is 0 Å². The molecule has 0 aromatic rings. The average Bonchev–Trinajstić information content (AvgIpc) is 2.20. The summed E-state index contributed by atoms with van der Waals surface area (Å²) in [4.78, 5) is 2.27. The number of rotatable bonds is 1. The van der Waals surface area contributed by atoms with Crippen LogP contribution in [0.2, 0.25) is 0 Å². The summed E-state index contributed by atoms with van der Waals surface area (Å²) in [6, 6.07) is 0. The standard InChI is InChI=1S/C10H20N2O/c13-10(4-2-1-3-5-10)12-8-6-11-7-9-12/h11,13H,1-9H2. The third-order valence-electron chi connectivity index (χ3n) is 3.36. The van der Waals surface area contributed by atoms with Crippen molar-refractivity contribution in [2.75, 3.05) is 26.2 Å². The van der Waals surface area contributed by atoms with Crippen molar-refractivity contribution >= 4 is 0 Å². The molecule has 0 radical (unpaired) electrons. The van der Waals surface area contributed by atoms with Crippen LogP contribution >= 0.6 is 0 Å². The number of hydrogen-bond acceptors (Lipinski definition) is 3. The van der Waals surface area contributed by atoms with Gasteiger partial charge in [-0.1, -0.05) is 6.42 Å². The lowest BCUT2D eigenvalue weighted by Crippen LogP contribution is -2.56. The summed E-state index contributed by atoms with van der Waals surface area (Å²) < 4.78 is 0. The van der Waals surface area contributed by atoms with Crippen LogP contribution in [0.25, 0.3) is 0 Å². The Labute approximate surface area is 80.1 Å². The summed E-state index contributed by atoms with van der Waals surface area (Å²) in [6.07, 6.45) is 5.65. The Kier molecular flexibility index (Phi) is 2.86. The fraction of sp³-hybridized carbons (Fsp3) is 1.00. The van der Waals surface area contributed by atoms with E-state index in [9.17, 15) is 5.11 Å². The summed E-state index contributed by atoms with van der Waals surface area (Å²) in [5, 5.41) is 13.7. The summed E-state index contributed by atoms with van der Waals surface area (Å²) in [5.74, 6) is 0. The van der Waals surface area contributed by atoms with Crippen molar-refractivity contribution < 1.29 is 5.11 Å². The van der Waals surface area contributed by atoms with Crippen molar-refractivity contribution in [1.29, 1.82) is 0 Å². The average molecular weight is 184 g/mol. The molecule has 1 saturated carbocycles. The van der Waals surface area contributed by atoms with Crippen LogP contribution in [0.3, 0.4) is 0 Å². The molecule has 0 aromatic heterocycles. The Morgan fingerprint density at radius 1 is 1.00 bits per heavy atom. The van der Waals surface area contributed by atoms with Crippen molar-refractivity contribution in [1.82, 2.24) is 10.2 Å². The van der Waals surface area contributed by atoms with E-state index >= 15 is 0 Å². The van der Waals surface area contributed by atoms with E-state index in [0.717, 1.165) is 39.0 Å². The van der Waals surface area contributed by atoms with Gasteiger partial charge in [-0.05, 0) is 25.7 Å². The second kappa shape index (κ2) is 3.95. The molecule has 2 aliphatic rings. The first kappa shape index (κ1) is 9.44. The maximum Gasteiger partial charge on any atom is 0.118 e. The largest absolute Gasteiger partial charge is 0.376 e. The lowest BCUT2D eigenvalue weighted by molar-refractivity contribution is -0.135. The fourth-order valence-electron chi connectivity index (χ4n) is 2.52. The highest BCUT2D eigenvalue weighted by molar-refractivity contribution is 4.85. The van der Waals surface area contributed by atoms with E-state index in [1.807, 2.05) is 0 Å². The first-order chi connectivity index (χ1) is 6.31. The number of piperazine rings is 1. The van der Waals surface area contributed by atoms with Gasteiger partial charge in [0.15, 0.2) is 0 Å². The number of aliphatic hydroxyl groups is 1. The van der Waals surface area contributed by atoms with E-state index in [2.05, 4.69) is 10.2 Å². The molecule has 13 heavy (non-hydrogen) atoms. The zero-order valence-corrected chi connectivity index (χ0v) is 8.26. The Hall–Kier alpha value is -0.120. The van der Waals surface area contributed by atoms with Crippen LogP contribution in [0.4, 0.5) is 0 Å². The minimum atomic E-state index is -0.458. The molecule has 3 nitrogen and oxygen atoms in total. The van der Waals surface area contributed by atoms with Crippen LogP contribution in [0.15, 0.2) is 0 Å². The van der Waals surface area contributed by atoms with Gasteiger partial charge in [-0.25, -0.2) is 0 Å². The van der Waals surface area contributed by atoms with Crippen molar-refractivity contribution in [2.24, 2.45) is 0 Å². The predicted molar refractivity (Wildman–Crippen MR) is 52.5 cm³/mol. The highest BCUT2D eigenvalue weighted by atomic mass is 16.3. The van der Waals surface area contributed by atoms with Gasteiger partial charge in [-0.15, -0.1) is 0 Å². The summed E-state index contributed by atoms with van der Waals surface area (Å²) >= 11 is 0. The zero-order valence-electron chi connectivity index (χ0n) is 8.26. The van der Waals surface area contributed by atoms with Crippen LogP contribution < -0.4 is 5.32 Å². The number of nitrogens with zero attached hydrogens (tertiary/aromatic N) is 1. The van der Waals surface area contributed by atoms with Crippen LogP contribution in [-0.2, 0) is 0 Å². The molecule has 2 N–H and O–H groups in total. The van der Waals surface area contributed by atoms with E-state index in [1.54, 1.807) is 0 Å². The normalized spacial score (nSPS) is 30.2. The van der Waals surface area contributed by atoms with E-state index in [1.165, 1.54) is 19.3 Å². The highest BCUT2D eigenvalue weighted by Gasteiger charge is 2.35. The van der Waals surface area contributed by atoms with Crippen LogP contribution in [0.1, 0.15) is 32.1 Å². The van der Waals surface area contributed by atoms with E-state index in [-0.39, 0.29) is 0 Å². The molecule has 2 fully saturated rings. The smallest absolute Gasteiger partial charge is 0.118 e. The summed E-state index contributed by atoms with van der Waals surface area (Å²) in [6.45, 7) is 4.08. The minimum absolute atomic E-state index is 0.458.